The first-order valence-electron chi connectivity index (χ1n) is 4.00. The number of hydrogen-bond donors (Lipinski definition) is 0. The van der Waals surface area contributed by atoms with E-state index in [1.165, 1.54) is 0 Å². The molecule has 66 valence electrons. The maximum Gasteiger partial charge on any atom is 1.00 e. The van der Waals surface area contributed by atoms with Crippen LogP contribution in [0.4, 0.5) is 0 Å². The van der Waals surface area contributed by atoms with Gasteiger partial charge in [-0.2, -0.15) is 0 Å². The number of rotatable bonds is 5. The van der Waals surface area contributed by atoms with Crippen LogP contribution in [0, 0.1) is 6.08 Å². The van der Waals surface area contributed by atoms with Crippen molar-refractivity contribution in [1.82, 2.24) is 0 Å². The Bertz CT molecular complexity index is 114. The van der Waals surface area contributed by atoms with Crippen LogP contribution in [0.25, 0.3) is 0 Å². The van der Waals surface area contributed by atoms with Crippen LogP contribution in [-0.2, 0) is 9.47 Å². The normalized spacial score (nSPS) is 9.42. The predicted molar refractivity (Wildman–Crippen MR) is 45.1 cm³/mol. The van der Waals surface area contributed by atoms with E-state index < -0.39 is 0 Å². The third-order valence-corrected chi connectivity index (χ3v) is 1.04. The van der Waals surface area contributed by atoms with Crippen LogP contribution in [0.5, 0.6) is 0 Å². The van der Waals surface area contributed by atoms with Crippen molar-refractivity contribution in [3.63, 3.8) is 0 Å². The topological polar surface area (TPSA) is 18.5 Å². The van der Waals surface area contributed by atoms with E-state index in [9.17, 15) is 0 Å². The molecule has 0 amide bonds. The largest absolute Gasteiger partial charge is 1.00 e. The summed E-state index contributed by atoms with van der Waals surface area (Å²) >= 11 is 0. The first kappa shape index (κ1) is 14.8. The summed E-state index contributed by atoms with van der Waals surface area (Å²) in [4.78, 5) is 0. The van der Waals surface area contributed by atoms with E-state index in [4.69, 9.17) is 9.47 Å². The van der Waals surface area contributed by atoms with Crippen molar-refractivity contribution in [3.8, 4) is 0 Å². The summed E-state index contributed by atoms with van der Waals surface area (Å²) in [5, 5.41) is 0. The summed E-state index contributed by atoms with van der Waals surface area (Å²) in [5.41, 5.74) is 1.09. The Hall–Kier alpha value is 0.257. The monoisotopic (exact) mass is 164 g/mol. The summed E-state index contributed by atoms with van der Waals surface area (Å²) in [6, 6.07) is 0. The second kappa shape index (κ2) is 9.35. The molecule has 0 bridgehead atoms. The molecule has 0 aromatic rings. The Kier molecular flexibility index (Phi) is 11.5. The molecule has 0 heterocycles. The van der Waals surface area contributed by atoms with Crippen molar-refractivity contribution < 1.29 is 28.3 Å². The molecule has 0 aliphatic heterocycles. The third-order valence-electron chi connectivity index (χ3n) is 1.04. The van der Waals surface area contributed by atoms with Gasteiger partial charge in [-0.05, 0) is 13.8 Å². The first-order chi connectivity index (χ1) is 5.20. The molecule has 0 radical (unpaired) electrons. The van der Waals surface area contributed by atoms with Gasteiger partial charge in [-0.1, -0.05) is 13.8 Å². The van der Waals surface area contributed by atoms with Crippen LogP contribution < -0.4 is 18.9 Å². The van der Waals surface area contributed by atoms with Crippen molar-refractivity contribution in [1.29, 1.82) is 0 Å². The van der Waals surface area contributed by atoms with Gasteiger partial charge in [0.15, 0.2) is 0 Å². The van der Waals surface area contributed by atoms with Crippen molar-refractivity contribution in [3.05, 3.63) is 11.6 Å². The van der Waals surface area contributed by atoms with E-state index >= 15 is 0 Å². The van der Waals surface area contributed by atoms with Gasteiger partial charge in [0.2, 0.25) is 0 Å². The quantitative estimate of drug-likeness (QED) is 0.299. The molecule has 0 unspecified atom stereocenters. The number of allylic oxidation sites excluding steroid dienone is 1. The van der Waals surface area contributed by atoms with Gasteiger partial charge in [-0.3, -0.25) is 5.57 Å². The van der Waals surface area contributed by atoms with Gasteiger partial charge in [0, 0.05) is 19.5 Å². The third kappa shape index (κ3) is 8.35. The SMILES string of the molecule is CCOC([C-]=C(C)C)OCC.[Li+]. The molecule has 2 nitrogen and oxygen atoms in total. The second-order valence-electron chi connectivity index (χ2n) is 2.39. The van der Waals surface area contributed by atoms with Gasteiger partial charge < -0.3 is 15.5 Å². The molecule has 0 atom stereocenters. The van der Waals surface area contributed by atoms with Crippen LogP contribution in [0.1, 0.15) is 27.7 Å². The van der Waals surface area contributed by atoms with Crippen molar-refractivity contribution >= 4 is 0 Å². The summed E-state index contributed by atoms with van der Waals surface area (Å²) in [5.74, 6) is 0. The molecule has 0 aromatic heterocycles. The molecular formula is C9H17LiO2. The van der Waals surface area contributed by atoms with Crippen molar-refractivity contribution in [2.75, 3.05) is 13.2 Å². The minimum absolute atomic E-state index is 0. The van der Waals surface area contributed by atoms with Crippen LogP contribution in [0.3, 0.4) is 0 Å². The summed E-state index contributed by atoms with van der Waals surface area (Å²) in [6.07, 6.45) is 2.77. The predicted octanol–water partition coefficient (Wildman–Crippen LogP) is -0.841. The zero-order valence-corrected chi connectivity index (χ0v) is 8.81. The molecule has 0 fully saturated rings. The molecule has 0 rings (SSSR count). The summed E-state index contributed by atoms with van der Waals surface area (Å²) in [6.45, 7) is 9.16. The van der Waals surface area contributed by atoms with Gasteiger partial charge in [0.25, 0.3) is 0 Å². The van der Waals surface area contributed by atoms with Crippen molar-refractivity contribution in [2.45, 2.75) is 34.0 Å². The molecule has 0 N–H and O–H groups in total. The van der Waals surface area contributed by atoms with E-state index in [1.54, 1.807) is 0 Å². The van der Waals surface area contributed by atoms with Gasteiger partial charge in [-0.15, -0.1) is 0 Å². The maximum atomic E-state index is 5.24. The zero-order valence-electron chi connectivity index (χ0n) is 8.81. The minimum Gasteiger partial charge on any atom is -0.440 e. The Labute approximate surface area is 87.5 Å². The van der Waals surface area contributed by atoms with Gasteiger partial charge in [0.1, 0.15) is 0 Å². The molecule has 0 aromatic carbocycles. The van der Waals surface area contributed by atoms with E-state index in [-0.39, 0.29) is 25.2 Å². The number of ether oxygens (including phenoxy) is 2. The molecule has 0 saturated carbocycles. The van der Waals surface area contributed by atoms with Crippen LogP contribution >= 0.6 is 0 Å². The standard InChI is InChI=1S/C9H17O2.Li/c1-5-10-9(11-6-2)7-8(3)4;/h9H,5-6H2,1-4H3;/q-1;+1. The molecule has 0 aliphatic rings. The van der Waals surface area contributed by atoms with Crippen LogP contribution in [0.15, 0.2) is 5.57 Å². The maximum absolute atomic E-state index is 5.24. The molecular weight excluding hydrogens is 147 g/mol. The molecule has 12 heavy (non-hydrogen) atoms. The first-order valence-corrected chi connectivity index (χ1v) is 4.00. The fourth-order valence-electron chi connectivity index (χ4n) is 0.670. The Balaban J connectivity index is 0. The molecule has 0 saturated heterocycles. The zero-order chi connectivity index (χ0) is 8.69. The smallest absolute Gasteiger partial charge is 0.440 e. The summed E-state index contributed by atoms with van der Waals surface area (Å²) in [7, 11) is 0. The van der Waals surface area contributed by atoms with E-state index in [0.717, 1.165) is 5.57 Å². The number of hydrogen-bond acceptors (Lipinski definition) is 2. The van der Waals surface area contributed by atoms with Crippen LogP contribution in [-0.4, -0.2) is 19.5 Å². The fraction of sp³-hybridized carbons (Fsp3) is 0.778. The van der Waals surface area contributed by atoms with Crippen molar-refractivity contribution in [2.24, 2.45) is 0 Å². The van der Waals surface area contributed by atoms with E-state index in [2.05, 4.69) is 6.08 Å². The van der Waals surface area contributed by atoms with Gasteiger partial charge in [0.05, 0.1) is 0 Å². The molecule has 0 spiro atoms. The second-order valence-corrected chi connectivity index (χ2v) is 2.39. The van der Waals surface area contributed by atoms with Gasteiger partial charge >= 0.3 is 18.9 Å². The Morgan fingerprint density at radius 2 is 1.58 bits per heavy atom. The molecule has 0 aliphatic carbocycles. The molecule has 3 heteroatoms. The van der Waals surface area contributed by atoms with Gasteiger partial charge in [-0.25, -0.2) is 0 Å². The Morgan fingerprint density at radius 1 is 1.17 bits per heavy atom. The van der Waals surface area contributed by atoms with E-state index in [0.29, 0.717) is 13.2 Å². The average Bonchev–Trinajstić information content (AvgIpc) is 1.87. The van der Waals surface area contributed by atoms with E-state index in [1.807, 2.05) is 27.7 Å². The fourth-order valence-corrected chi connectivity index (χ4v) is 0.670. The summed E-state index contributed by atoms with van der Waals surface area (Å²) < 4.78 is 10.5. The average molecular weight is 164 g/mol. The van der Waals surface area contributed by atoms with Crippen LogP contribution in [0.2, 0.25) is 0 Å². The minimum atomic E-state index is -0.282. The Morgan fingerprint density at radius 3 is 1.83 bits per heavy atom.